The Morgan fingerprint density at radius 1 is 1.28 bits per heavy atom. The fourth-order valence-electron chi connectivity index (χ4n) is 1.50. The largest absolute Gasteiger partial charge is 0.285 e. The minimum absolute atomic E-state index is 0.425. The molecule has 1 aromatic carbocycles. The quantitative estimate of drug-likeness (QED) is 0.753. The first-order chi connectivity index (χ1) is 8.35. The number of rotatable bonds is 5. The van der Waals surface area contributed by atoms with E-state index in [9.17, 15) is 0 Å². The summed E-state index contributed by atoms with van der Waals surface area (Å²) in [5.41, 5.74) is 0.819. The highest BCUT2D eigenvalue weighted by Crippen LogP contribution is 2.23. The topological polar surface area (TPSA) is 27.0 Å². The zero-order chi connectivity index (χ0) is 13.8. The fourth-order valence-corrected chi connectivity index (χ4v) is 2.34. The first-order valence-corrected chi connectivity index (χ1v) is 7.11. The van der Waals surface area contributed by atoms with E-state index in [-0.39, 0.29) is 0 Å². The Morgan fingerprint density at radius 3 is 2.28 bits per heavy atom. The summed E-state index contributed by atoms with van der Waals surface area (Å²) in [5.74, 6) is 0. The summed E-state index contributed by atoms with van der Waals surface area (Å²) in [7, 11) is 1.99. The maximum Gasteiger partial charge on any atom is 0.103 e. The summed E-state index contributed by atoms with van der Waals surface area (Å²) >= 11 is 1.87. The van der Waals surface area contributed by atoms with Crippen molar-refractivity contribution < 1.29 is 0 Å². The zero-order valence-electron chi connectivity index (χ0n) is 11.9. The lowest BCUT2D eigenvalue weighted by molar-refractivity contribution is 0.203. The molecule has 0 unspecified atom stereocenters. The second kappa shape index (κ2) is 6.26. The Labute approximate surface area is 115 Å². The second-order valence-electron chi connectivity index (χ2n) is 5.34. The molecule has 0 aliphatic heterocycles. The van der Waals surface area contributed by atoms with Crippen LogP contribution in [0.5, 0.6) is 0 Å². The van der Waals surface area contributed by atoms with E-state index in [0.29, 0.717) is 5.25 Å². The lowest BCUT2D eigenvalue weighted by Crippen LogP contribution is -2.38. The van der Waals surface area contributed by atoms with Crippen LogP contribution >= 0.6 is 11.8 Å². The summed E-state index contributed by atoms with van der Waals surface area (Å²) in [4.78, 5) is 3.37. The lowest BCUT2D eigenvalue weighted by Gasteiger charge is -2.29. The van der Waals surface area contributed by atoms with Crippen molar-refractivity contribution in [2.75, 3.05) is 7.05 Å². The van der Waals surface area contributed by atoms with Gasteiger partial charge in [-0.15, -0.1) is 11.8 Å². The molecule has 0 fully saturated rings. The Kier molecular flexibility index (Phi) is 5.25. The van der Waals surface area contributed by atoms with Crippen molar-refractivity contribution >= 4 is 11.8 Å². The van der Waals surface area contributed by atoms with Gasteiger partial charge >= 0.3 is 0 Å². The van der Waals surface area contributed by atoms with Gasteiger partial charge in [-0.2, -0.15) is 5.26 Å². The van der Waals surface area contributed by atoms with Crippen LogP contribution in [-0.2, 0) is 6.54 Å². The van der Waals surface area contributed by atoms with Crippen LogP contribution in [0.3, 0.4) is 0 Å². The van der Waals surface area contributed by atoms with E-state index in [0.717, 1.165) is 6.54 Å². The second-order valence-corrected chi connectivity index (χ2v) is 6.99. The molecule has 18 heavy (non-hydrogen) atoms. The SMILES string of the molecule is CC(C)Sc1ccc(CN(C)C(C)(C)C#N)cc1. The van der Waals surface area contributed by atoms with Crippen molar-refractivity contribution in [3.63, 3.8) is 0 Å². The third-order valence-electron chi connectivity index (χ3n) is 2.94. The van der Waals surface area contributed by atoms with Gasteiger partial charge in [0.05, 0.1) is 6.07 Å². The molecular formula is C15H22N2S. The van der Waals surface area contributed by atoms with Crippen LogP contribution in [-0.4, -0.2) is 22.7 Å². The van der Waals surface area contributed by atoms with Gasteiger partial charge in [-0.3, -0.25) is 4.90 Å². The molecule has 0 aliphatic carbocycles. The zero-order valence-corrected chi connectivity index (χ0v) is 12.7. The van der Waals surface area contributed by atoms with E-state index >= 15 is 0 Å². The minimum Gasteiger partial charge on any atom is -0.285 e. The predicted molar refractivity (Wildman–Crippen MR) is 78.6 cm³/mol. The third kappa shape index (κ3) is 4.36. The van der Waals surface area contributed by atoms with Gasteiger partial charge in [-0.05, 0) is 38.6 Å². The van der Waals surface area contributed by atoms with Crippen LogP contribution in [0.1, 0.15) is 33.3 Å². The summed E-state index contributed by atoms with van der Waals surface area (Å²) < 4.78 is 0. The molecule has 0 aliphatic rings. The number of thioether (sulfide) groups is 1. The number of benzene rings is 1. The van der Waals surface area contributed by atoms with Gasteiger partial charge in [-0.1, -0.05) is 26.0 Å². The lowest BCUT2D eigenvalue weighted by atomic mass is 10.1. The van der Waals surface area contributed by atoms with E-state index in [1.807, 2.05) is 32.7 Å². The van der Waals surface area contributed by atoms with Crippen molar-refractivity contribution in [3.8, 4) is 6.07 Å². The van der Waals surface area contributed by atoms with Crippen molar-refractivity contribution in [2.24, 2.45) is 0 Å². The fraction of sp³-hybridized carbons (Fsp3) is 0.533. The summed E-state index contributed by atoms with van der Waals surface area (Å²) in [6.45, 7) is 9.07. The van der Waals surface area contributed by atoms with Gasteiger partial charge in [-0.25, -0.2) is 0 Å². The highest BCUT2D eigenvalue weighted by atomic mass is 32.2. The van der Waals surface area contributed by atoms with Crippen LogP contribution < -0.4 is 0 Å². The average molecular weight is 262 g/mol. The van der Waals surface area contributed by atoms with E-state index in [2.05, 4.69) is 49.1 Å². The molecule has 0 saturated carbocycles. The molecule has 1 rings (SSSR count). The van der Waals surface area contributed by atoms with Crippen molar-refractivity contribution in [1.82, 2.24) is 4.90 Å². The van der Waals surface area contributed by atoms with Crippen molar-refractivity contribution in [2.45, 2.75) is 49.9 Å². The summed E-state index contributed by atoms with van der Waals surface area (Å²) in [5, 5.41) is 9.70. The molecule has 0 heterocycles. The maximum atomic E-state index is 9.09. The molecule has 0 spiro atoms. The van der Waals surface area contributed by atoms with Gasteiger partial charge in [0.1, 0.15) is 5.54 Å². The van der Waals surface area contributed by atoms with Crippen LogP contribution in [0.4, 0.5) is 0 Å². The summed E-state index contributed by atoms with van der Waals surface area (Å²) in [6.07, 6.45) is 0. The van der Waals surface area contributed by atoms with Gasteiger partial charge in [0.25, 0.3) is 0 Å². The molecule has 0 amide bonds. The first-order valence-electron chi connectivity index (χ1n) is 6.23. The molecule has 3 heteroatoms. The molecule has 2 nitrogen and oxygen atoms in total. The predicted octanol–water partition coefficient (Wildman–Crippen LogP) is 3.92. The molecule has 0 N–H and O–H groups in total. The highest BCUT2D eigenvalue weighted by molar-refractivity contribution is 7.99. The van der Waals surface area contributed by atoms with E-state index in [1.165, 1.54) is 10.5 Å². The van der Waals surface area contributed by atoms with Gasteiger partial charge in [0.2, 0.25) is 0 Å². The van der Waals surface area contributed by atoms with Crippen LogP contribution in [0.15, 0.2) is 29.2 Å². The van der Waals surface area contributed by atoms with Gasteiger partial charge in [0, 0.05) is 16.7 Å². The van der Waals surface area contributed by atoms with Crippen LogP contribution in [0.25, 0.3) is 0 Å². The monoisotopic (exact) mass is 262 g/mol. The number of hydrogen-bond donors (Lipinski definition) is 0. The Morgan fingerprint density at radius 2 is 1.83 bits per heavy atom. The molecule has 1 aromatic rings. The summed E-state index contributed by atoms with van der Waals surface area (Å²) in [6, 6.07) is 10.9. The van der Waals surface area contributed by atoms with E-state index in [1.54, 1.807) is 0 Å². The Balaban J connectivity index is 2.67. The van der Waals surface area contributed by atoms with E-state index < -0.39 is 5.54 Å². The standard InChI is InChI=1S/C15H22N2S/c1-12(2)18-14-8-6-13(7-9-14)10-17(5)15(3,4)11-16/h6-9,12H,10H2,1-5H3. The highest BCUT2D eigenvalue weighted by Gasteiger charge is 2.22. The van der Waals surface area contributed by atoms with Crippen LogP contribution in [0, 0.1) is 11.3 Å². The number of hydrogen-bond acceptors (Lipinski definition) is 3. The molecule has 0 saturated heterocycles. The minimum atomic E-state index is -0.425. The normalized spacial score (nSPS) is 11.9. The average Bonchev–Trinajstić information content (AvgIpc) is 2.31. The van der Waals surface area contributed by atoms with Crippen LogP contribution in [0.2, 0.25) is 0 Å². The third-order valence-corrected chi connectivity index (χ3v) is 3.96. The van der Waals surface area contributed by atoms with Crippen molar-refractivity contribution in [3.05, 3.63) is 29.8 Å². The maximum absolute atomic E-state index is 9.09. The molecule has 0 aromatic heterocycles. The van der Waals surface area contributed by atoms with Crippen molar-refractivity contribution in [1.29, 1.82) is 5.26 Å². The molecule has 0 radical (unpaired) electrons. The Hall–Kier alpha value is -0.980. The van der Waals surface area contributed by atoms with Gasteiger partial charge < -0.3 is 0 Å². The molecular weight excluding hydrogens is 240 g/mol. The number of nitrogens with zero attached hydrogens (tertiary/aromatic N) is 2. The van der Waals surface area contributed by atoms with E-state index in [4.69, 9.17) is 5.26 Å². The smallest absolute Gasteiger partial charge is 0.103 e. The Bertz CT molecular complexity index is 415. The molecule has 0 atom stereocenters. The molecule has 98 valence electrons. The van der Waals surface area contributed by atoms with Gasteiger partial charge in [0.15, 0.2) is 0 Å². The first kappa shape index (κ1) is 15.1. The molecule has 0 bridgehead atoms. The number of nitriles is 1.